The van der Waals surface area contributed by atoms with E-state index in [4.69, 9.17) is 12.2 Å². The lowest BCUT2D eigenvalue weighted by Crippen LogP contribution is -2.37. The Morgan fingerprint density at radius 3 is 2.73 bits per heavy atom. The Balaban J connectivity index is 2.32. The highest BCUT2D eigenvalue weighted by atomic mass is 16.2. The molecule has 0 radical (unpaired) electrons. The summed E-state index contributed by atoms with van der Waals surface area (Å²) in [5, 5.41) is 0. The average Bonchev–Trinajstić information content (AvgIpc) is 2.70. The van der Waals surface area contributed by atoms with Crippen LogP contribution in [0.3, 0.4) is 0 Å². The van der Waals surface area contributed by atoms with Crippen LogP contribution in [-0.2, 0) is 0 Å². The minimum absolute atomic E-state index is 0.339. The van der Waals surface area contributed by atoms with Crippen molar-refractivity contribution in [1.82, 2.24) is 4.90 Å². The molecule has 0 aliphatic heterocycles. The van der Waals surface area contributed by atoms with Gasteiger partial charge in [0.1, 0.15) is 0 Å². The maximum Gasteiger partial charge on any atom is 0.315 e. The van der Waals surface area contributed by atoms with Gasteiger partial charge in [-0.3, -0.25) is 0 Å². The molecule has 1 rings (SSSR count). The Kier molecular flexibility index (Phi) is 2.37. The molecule has 2 amide bonds. The molecule has 0 aromatic rings. The lowest BCUT2D eigenvalue weighted by molar-refractivity contribution is 0.211. The Morgan fingerprint density at radius 2 is 2.36 bits per heavy atom. The predicted molar refractivity (Wildman–Crippen MR) is 42.7 cm³/mol. The van der Waals surface area contributed by atoms with Crippen molar-refractivity contribution < 1.29 is 4.79 Å². The molecule has 11 heavy (non-hydrogen) atoms. The summed E-state index contributed by atoms with van der Waals surface area (Å²) in [6.07, 6.45) is 7.47. The first kappa shape index (κ1) is 7.93. The van der Waals surface area contributed by atoms with Crippen LogP contribution in [0.4, 0.5) is 4.79 Å². The van der Waals surface area contributed by atoms with Crippen LogP contribution in [0.5, 0.6) is 0 Å². The summed E-state index contributed by atoms with van der Waals surface area (Å²) in [4.78, 5) is 12.2. The standard InChI is InChI=1S/C8H12N2O/c1-2-5-10(8(9)11)6-7-3-4-7/h1,7H,3-6H2,(H2,9,11). The zero-order valence-electron chi connectivity index (χ0n) is 6.42. The Hall–Kier alpha value is -1.17. The van der Waals surface area contributed by atoms with Gasteiger partial charge in [0.05, 0.1) is 6.54 Å². The fourth-order valence-corrected chi connectivity index (χ4v) is 0.955. The van der Waals surface area contributed by atoms with Crippen LogP contribution < -0.4 is 5.73 Å². The molecule has 0 saturated heterocycles. The minimum Gasteiger partial charge on any atom is -0.351 e. The Morgan fingerprint density at radius 1 is 1.73 bits per heavy atom. The van der Waals surface area contributed by atoms with Crippen molar-refractivity contribution in [2.45, 2.75) is 12.8 Å². The lowest BCUT2D eigenvalue weighted by atomic mass is 10.4. The third kappa shape index (κ3) is 2.50. The van der Waals surface area contributed by atoms with Crippen LogP contribution in [0.25, 0.3) is 0 Å². The number of terminal acetylenes is 1. The molecule has 2 N–H and O–H groups in total. The molecule has 0 aromatic carbocycles. The first-order valence-corrected chi connectivity index (χ1v) is 3.72. The minimum atomic E-state index is -0.408. The van der Waals surface area contributed by atoms with E-state index in [-0.39, 0.29) is 0 Å². The fourth-order valence-electron chi connectivity index (χ4n) is 0.955. The first-order valence-electron chi connectivity index (χ1n) is 3.72. The molecule has 1 aliphatic rings. The topological polar surface area (TPSA) is 46.3 Å². The summed E-state index contributed by atoms with van der Waals surface area (Å²) in [6.45, 7) is 1.07. The van der Waals surface area contributed by atoms with Crippen molar-refractivity contribution in [2.75, 3.05) is 13.1 Å². The Bertz CT molecular complexity index is 191. The van der Waals surface area contributed by atoms with Gasteiger partial charge in [0.15, 0.2) is 0 Å². The summed E-state index contributed by atoms with van der Waals surface area (Å²) >= 11 is 0. The fraction of sp³-hybridized carbons (Fsp3) is 0.625. The van der Waals surface area contributed by atoms with Crippen molar-refractivity contribution >= 4 is 6.03 Å². The van der Waals surface area contributed by atoms with Crippen LogP contribution in [-0.4, -0.2) is 24.0 Å². The second-order valence-corrected chi connectivity index (χ2v) is 2.87. The van der Waals surface area contributed by atoms with Gasteiger partial charge in [0.25, 0.3) is 0 Å². The molecule has 3 heteroatoms. The number of carbonyl (C=O) groups excluding carboxylic acids is 1. The number of nitrogens with two attached hydrogens (primary N) is 1. The van der Waals surface area contributed by atoms with Crippen molar-refractivity contribution in [3.05, 3.63) is 0 Å². The molecule has 0 atom stereocenters. The third-order valence-corrected chi connectivity index (χ3v) is 1.77. The zero-order chi connectivity index (χ0) is 8.27. The summed E-state index contributed by atoms with van der Waals surface area (Å²) in [7, 11) is 0. The van der Waals surface area contributed by atoms with E-state index in [9.17, 15) is 4.79 Å². The van der Waals surface area contributed by atoms with E-state index in [1.807, 2.05) is 0 Å². The van der Waals surface area contributed by atoms with Gasteiger partial charge in [-0.05, 0) is 18.8 Å². The summed E-state index contributed by atoms with van der Waals surface area (Å²) in [5.74, 6) is 3.06. The number of hydrogen-bond acceptors (Lipinski definition) is 1. The maximum atomic E-state index is 10.7. The molecule has 0 bridgehead atoms. The number of urea groups is 1. The Labute approximate surface area is 66.5 Å². The number of rotatable bonds is 3. The highest BCUT2D eigenvalue weighted by Crippen LogP contribution is 2.29. The monoisotopic (exact) mass is 152 g/mol. The highest BCUT2D eigenvalue weighted by molar-refractivity contribution is 5.72. The van der Waals surface area contributed by atoms with Crippen molar-refractivity contribution in [3.8, 4) is 12.3 Å². The third-order valence-electron chi connectivity index (χ3n) is 1.77. The molecular formula is C8H12N2O. The lowest BCUT2D eigenvalue weighted by Gasteiger charge is -2.16. The van der Waals surface area contributed by atoms with Gasteiger partial charge < -0.3 is 10.6 Å². The predicted octanol–water partition coefficient (Wildman–Crippen LogP) is 0.410. The molecule has 1 fully saturated rings. The molecule has 3 nitrogen and oxygen atoms in total. The van der Waals surface area contributed by atoms with Gasteiger partial charge >= 0.3 is 6.03 Å². The van der Waals surface area contributed by atoms with Crippen LogP contribution in [0.1, 0.15) is 12.8 Å². The van der Waals surface area contributed by atoms with Gasteiger partial charge in [-0.25, -0.2) is 4.79 Å². The number of amides is 2. The molecule has 1 aliphatic carbocycles. The SMILES string of the molecule is C#CCN(CC1CC1)C(N)=O. The summed E-state index contributed by atoms with van der Waals surface area (Å²) < 4.78 is 0. The van der Waals surface area contributed by atoms with Crippen LogP contribution in [0.15, 0.2) is 0 Å². The smallest absolute Gasteiger partial charge is 0.315 e. The van der Waals surface area contributed by atoms with Gasteiger partial charge in [0, 0.05) is 6.54 Å². The van der Waals surface area contributed by atoms with E-state index in [1.54, 1.807) is 0 Å². The number of carbonyl (C=O) groups is 1. The van der Waals surface area contributed by atoms with Crippen LogP contribution in [0, 0.1) is 18.3 Å². The second kappa shape index (κ2) is 3.29. The van der Waals surface area contributed by atoms with Crippen molar-refractivity contribution in [1.29, 1.82) is 0 Å². The summed E-state index contributed by atoms with van der Waals surface area (Å²) in [6, 6.07) is -0.408. The molecule has 0 aromatic heterocycles. The molecule has 60 valence electrons. The quantitative estimate of drug-likeness (QED) is 0.585. The molecular weight excluding hydrogens is 140 g/mol. The average molecular weight is 152 g/mol. The van der Waals surface area contributed by atoms with Crippen molar-refractivity contribution in [2.24, 2.45) is 11.7 Å². The first-order chi connectivity index (χ1) is 5.24. The number of nitrogens with zero attached hydrogens (tertiary/aromatic N) is 1. The van der Waals surface area contributed by atoms with Crippen LogP contribution in [0.2, 0.25) is 0 Å². The van der Waals surface area contributed by atoms with E-state index in [0.717, 1.165) is 6.54 Å². The van der Waals surface area contributed by atoms with Gasteiger partial charge in [-0.15, -0.1) is 6.42 Å². The summed E-state index contributed by atoms with van der Waals surface area (Å²) in [5.41, 5.74) is 5.09. The second-order valence-electron chi connectivity index (χ2n) is 2.87. The van der Waals surface area contributed by atoms with E-state index < -0.39 is 6.03 Å². The van der Waals surface area contributed by atoms with E-state index in [1.165, 1.54) is 17.7 Å². The highest BCUT2D eigenvalue weighted by Gasteiger charge is 2.25. The number of primary amides is 1. The van der Waals surface area contributed by atoms with Crippen LogP contribution >= 0.6 is 0 Å². The number of hydrogen-bond donors (Lipinski definition) is 1. The van der Waals surface area contributed by atoms with E-state index in [2.05, 4.69) is 5.92 Å². The van der Waals surface area contributed by atoms with E-state index in [0.29, 0.717) is 12.5 Å². The molecule has 0 spiro atoms. The normalized spacial score (nSPS) is 15.5. The van der Waals surface area contributed by atoms with Crippen molar-refractivity contribution in [3.63, 3.8) is 0 Å². The maximum absolute atomic E-state index is 10.7. The van der Waals surface area contributed by atoms with E-state index >= 15 is 0 Å². The van der Waals surface area contributed by atoms with Gasteiger partial charge in [-0.2, -0.15) is 0 Å². The molecule has 0 unspecified atom stereocenters. The van der Waals surface area contributed by atoms with Gasteiger partial charge in [-0.1, -0.05) is 5.92 Å². The molecule has 0 heterocycles. The molecule has 1 saturated carbocycles. The van der Waals surface area contributed by atoms with Gasteiger partial charge in [0.2, 0.25) is 0 Å². The zero-order valence-corrected chi connectivity index (χ0v) is 6.42. The largest absolute Gasteiger partial charge is 0.351 e.